The van der Waals surface area contributed by atoms with E-state index in [0.717, 1.165) is 16.6 Å². The van der Waals surface area contributed by atoms with Crippen LogP contribution in [-0.2, 0) is 6.54 Å². The average Bonchev–Trinajstić information content (AvgIpc) is 2.79. The molecule has 1 aromatic heterocycles. The Morgan fingerprint density at radius 3 is 2.67 bits per heavy atom. The first-order valence-corrected chi connectivity index (χ1v) is 7.95. The normalized spacial score (nSPS) is 12.2. The van der Waals surface area contributed by atoms with Gasteiger partial charge in [-0.25, -0.2) is 0 Å². The first-order valence-electron chi connectivity index (χ1n) is 7.16. The number of halogens is 1. The van der Waals surface area contributed by atoms with Crippen molar-refractivity contribution >= 4 is 21.8 Å². The molecule has 0 saturated carbocycles. The molecule has 112 valence electrons. The number of hydrogen-bond donors (Lipinski definition) is 1. The summed E-state index contributed by atoms with van der Waals surface area (Å²) in [6.07, 6.45) is 1.93. The van der Waals surface area contributed by atoms with E-state index >= 15 is 0 Å². The van der Waals surface area contributed by atoms with Crippen LogP contribution in [0.3, 0.4) is 0 Å². The summed E-state index contributed by atoms with van der Waals surface area (Å²) in [5.41, 5.74) is 4.28. The largest absolute Gasteiger partial charge is 0.344 e. The second-order valence-corrected chi connectivity index (χ2v) is 6.30. The van der Waals surface area contributed by atoms with Gasteiger partial charge >= 0.3 is 0 Å². The van der Waals surface area contributed by atoms with Crippen LogP contribution in [0.5, 0.6) is 0 Å². The number of amides is 1. The third-order valence-electron chi connectivity index (χ3n) is 3.68. The third kappa shape index (κ3) is 3.56. The number of nitrogens with one attached hydrogen (secondary N) is 1. The number of nitrogens with zero attached hydrogens (tertiary/aromatic N) is 1. The summed E-state index contributed by atoms with van der Waals surface area (Å²) in [7, 11) is 0. The Labute approximate surface area is 134 Å². The Kier molecular flexibility index (Phi) is 4.88. The Hall–Kier alpha value is -1.55. The second-order valence-electron chi connectivity index (χ2n) is 5.38. The maximum absolute atomic E-state index is 12.4. The minimum absolute atomic E-state index is 0.0166. The van der Waals surface area contributed by atoms with Gasteiger partial charge in [0.2, 0.25) is 0 Å². The van der Waals surface area contributed by atoms with Crippen LogP contribution in [-0.4, -0.2) is 10.5 Å². The molecule has 0 spiro atoms. The topological polar surface area (TPSA) is 34.0 Å². The maximum atomic E-state index is 12.4. The standard InChI is InChI=1S/C17H21BrN2O/c1-5-20-10-14(18)9-16(20)17(21)19-13(4)15-7-6-11(2)8-12(15)3/h6-10,13H,5H2,1-4H3,(H,19,21). The van der Waals surface area contributed by atoms with E-state index in [2.05, 4.69) is 53.3 Å². The molecule has 2 rings (SSSR count). The number of aryl methyl sites for hydroxylation is 3. The van der Waals surface area contributed by atoms with Gasteiger partial charge in [0.25, 0.3) is 5.91 Å². The van der Waals surface area contributed by atoms with Gasteiger partial charge in [-0.3, -0.25) is 4.79 Å². The van der Waals surface area contributed by atoms with Crippen LogP contribution in [0, 0.1) is 13.8 Å². The molecular weight excluding hydrogens is 328 g/mol. The maximum Gasteiger partial charge on any atom is 0.268 e. The SMILES string of the molecule is CCn1cc(Br)cc1C(=O)NC(C)c1ccc(C)cc1C. The van der Waals surface area contributed by atoms with Crippen LogP contribution in [0.1, 0.15) is 47.1 Å². The van der Waals surface area contributed by atoms with Crippen molar-refractivity contribution in [3.63, 3.8) is 0 Å². The first-order chi connectivity index (χ1) is 9.92. The second kappa shape index (κ2) is 6.48. The Balaban J connectivity index is 2.18. The van der Waals surface area contributed by atoms with Gasteiger partial charge in [-0.2, -0.15) is 0 Å². The molecule has 0 fully saturated rings. The molecule has 1 amide bonds. The van der Waals surface area contributed by atoms with Gasteiger partial charge in [-0.15, -0.1) is 0 Å². The lowest BCUT2D eigenvalue weighted by Gasteiger charge is -2.17. The molecule has 1 N–H and O–H groups in total. The van der Waals surface area contributed by atoms with Crippen molar-refractivity contribution in [3.8, 4) is 0 Å². The number of hydrogen-bond acceptors (Lipinski definition) is 1. The fraction of sp³-hybridized carbons (Fsp3) is 0.353. The number of carbonyl (C=O) groups excluding carboxylic acids is 1. The third-order valence-corrected chi connectivity index (χ3v) is 4.11. The summed E-state index contributed by atoms with van der Waals surface area (Å²) in [6.45, 7) is 8.97. The molecule has 0 aliphatic heterocycles. The number of aromatic nitrogens is 1. The van der Waals surface area contributed by atoms with E-state index in [9.17, 15) is 4.79 Å². The van der Waals surface area contributed by atoms with Gasteiger partial charge in [0.05, 0.1) is 6.04 Å². The average molecular weight is 349 g/mol. The zero-order chi connectivity index (χ0) is 15.6. The fourth-order valence-electron chi connectivity index (χ4n) is 2.59. The molecule has 0 bridgehead atoms. The lowest BCUT2D eigenvalue weighted by Crippen LogP contribution is -2.28. The number of carbonyl (C=O) groups is 1. The molecule has 0 aliphatic rings. The fourth-order valence-corrected chi connectivity index (χ4v) is 3.05. The minimum atomic E-state index is -0.0463. The van der Waals surface area contributed by atoms with Crippen molar-refractivity contribution in [2.75, 3.05) is 0 Å². The highest BCUT2D eigenvalue weighted by molar-refractivity contribution is 9.10. The number of benzene rings is 1. The molecule has 0 radical (unpaired) electrons. The van der Waals surface area contributed by atoms with Crippen LogP contribution in [0.15, 0.2) is 34.9 Å². The van der Waals surface area contributed by atoms with Crippen molar-refractivity contribution in [1.29, 1.82) is 0 Å². The molecule has 4 heteroatoms. The first kappa shape index (κ1) is 15.8. The predicted molar refractivity (Wildman–Crippen MR) is 89.6 cm³/mol. The highest BCUT2D eigenvalue weighted by atomic mass is 79.9. The molecule has 1 atom stereocenters. The van der Waals surface area contributed by atoms with E-state index in [1.165, 1.54) is 11.1 Å². The van der Waals surface area contributed by atoms with Crippen LogP contribution in [0.4, 0.5) is 0 Å². The summed E-state index contributed by atoms with van der Waals surface area (Å²) in [6, 6.07) is 8.15. The van der Waals surface area contributed by atoms with Crippen molar-refractivity contribution in [3.05, 3.63) is 57.3 Å². The molecule has 1 unspecified atom stereocenters. The van der Waals surface area contributed by atoms with Crippen molar-refractivity contribution in [2.24, 2.45) is 0 Å². The van der Waals surface area contributed by atoms with Gasteiger partial charge < -0.3 is 9.88 Å². The molecular formula is C17H21BrN2O. The van der Waals surface area contributed by atoms with E-state index in [1.54, 1.807) is 0 Å². The number of rotatable bonds is 4. The summed E-state index contributed by atoms with van der Waals surface area (Å²) >= 11 is 3.42. The minimum Gasteiger partial charge on any atom is -0.344 e. The summed E-state index contributed by atoms with van der Waals surface area (Å²) in [4.78, 5) is 12.4. The van der Waals surface area contributed by atoms with Gasteiger partial charge in [-0.05, 0) is 60.8 Å². The molecule has 2 aromatic rings. The van der Waals surface area contributed by atoms with Crippen molar-refractivity contribution in [1.82, 2.24) is 9.88 Å². The predicted octanol–water partition coefficient (Wildman–Crippen LogP) is 4.38. The van der Waals surface area contributed by atoms with E-state index < -0.39 is 0 Å². The van der Waals surface area contributed by atoms with Crippen LogP contribution < -0.4 is 5.32 Å². The van der Waals surface area contributed by atoms with Crippen LogP contribution in [0.2, 0.25) is 0 Å². The lowest BCUT2D eigenvalue weighted by atomic mass is 10.0. The monoisotopic (exact) mass is 348 g/mol. The molecule has 0 aliphatic carbocycles. The van der Waals surface area contributed by atoms with Gasteiger partial charge in [0.15, 0.2) is 0 Å². The van der Waals surface area contributed by atoms with Crippen molar-refractivity contribution in [2.45, 2.75) is 40.3 Å². The molecule has 3 nitrogen and oxygen atoms in total. The zero-order valence-electron chi connectivity index (χ0n) is 12.9. The lowest BCUT2D eigenvalue weighted by molar-refractivity contribution is 0.0930. The molecule has 1 heterocycles. The van der Waals surface area contributed by atoms with Crippen LogP contribution >= 0.6 is 15.9 Å². The summed E-state index contributed by atoms with van der Waals surface area (Å²) < 4.78 is 2.86. The molecule has 1 aromatic carbocycles. The van der Waals surface area contributed by atoms with E-state index in [1.807, 2.05) is 30.7 Å². The summed E-state index contributed by atoms with van der Waals surface area (Å²) in [5, 5.41) is 3.08. The van der Waals surface area contributed by atoms with E-state index in [0.29, 0.717) is 5.69 Å². The Bertz CT molecular complexity index is 661. The van der Waals surface area contributed by atoms with Gasteiger partial charge in [0.1, 0.15) is 5.69 Å². The highest BCUT2D eigenvalue weighted by Gasteiger charge is 2.16. The van der Waals surface area contributed by atoms with Crippen LogP contribution in [0.25, 0.3) is 0 Å². The quantitative estimate of drug-likeness (QED) is 0.873. The zero-order valence-corrected chi connectivity index (χ0v) is 14.5. The molecule has 0 saturated heterocycles. The Morgan fingerprint density at radius 2 is 2.05 bits per heavy atom. The van der Waals surface area contributed by atoms with E-state index in [4.69, 9.17) is 0 Å². The smallest absolute Gasteiger partial charge is 0.268 e. The van der Waals surface area contributed by atoms with E-state index in [-0.39, 0.29) is 11.9 Å². The Morgan fingerprint density at radius 1 is 1.33 bits per heavy atom. The van der Waals surface area contributed by atoms with Crippen molar-refractivity contribution < 1.29 is 4.79 Å². The van der Waals surface area contributed by atoms with Gasteiger partial charge in [-0.1, -0.05) is 23.8 Å². The highest BCUT2D eigenvalue weighted by Crippen LogP contribution is 2.20. The molecule has 21 heavy (non-hydrogen) atoms. The summed E-state index contributed by atoms with van der Waals surface area (Å²) in [5.74, 6) is -0.0463. The van der Waals surface area contributed by atoms with Gasteiger partial charge in [0, 0.05) is 17.2 Å².